The largest absolute Gasteiger partial charge is 0.388 e. The van der Waals surface area contributed by atoms with E-state index >= 15 is 0 Å². The normalized spacial score (nSPS) is 19.8. The van der Waals surface area contributed by atoms with Gasteiger partial charge in [-0.15, -0.1) is 0 Å². The molecule has 0 radical (unpaired) electrons. The molecule has 106 valence electrons. The van der Waals surface area contributed by atoms with Gasteiger partial charge in [-0.2, -0.15) is 0 Å². The number of aryl methyl sites for hydroxylation is 1. The van der Waals surface area contributed by atoms with Gasteiger partial charge in [0.2, 0.25) is 0 Å². The van der Waals surface area contributed by atoms with E-state index in [1.165, 1.54) is 37.7 Å². The van der Waals surface area contributed by atoms with Crippen LogP contribution in [0.2, 0.25) is 0 Å². The minimum Gasteiger partial charge on any atom is -0.388 e. The molecule has 1 N–H and O–H groups in total. The zero-order chi connectivity index (χ0) is 13.8. The summed E-state index contributed by atoms with van der Waals surface area (Å²) in [5.41, 5.74) is 2.23. The van der Waals surface area contributed by atoms with Gasteiger partial charge in [0.05, 0.1) is 6.10 Å². The molecule has 0 saturated heterocycles. The fourth-order valence-electron chi connectivity index (χ4n) is 2.95. The second-order valence-electron chi connectivity index (χ2n) is 5.67. The first-order valence-corrected chi connectivity index (χ1v) is 8.82. The Bertz CT molecular complexity index is 423. The van der Waals surface area contributed by atoms with E-state index in [4.69, 9.17) is 0 Å². The highest BCUT2D eigenvalue weighted by atomic mass is 79.9. The zero-order valence-electron chi connectivity index (χ0n) is 11.5. The van der Waals surface area contributed by atoms with E-state index in [9.17, 15) is 5.11 Å². The second kappa shape index (κ2) is 7.24. The van der Waals surface area contributed by atoms with Gasteiger partial charge in [0.25, 0.3) is 0 Å². The van der Waals surface area contributed by atoms with Crippen LogP contribution in [0, 0.1) is 12.8 Å². The van der Waals surface area contributed by atoms with Gasteiger partial charge in [0.1, 0.15) is 0 Å². The summed E-state index contributed by atoms with van der Waals surface area (Å²) >= 11 is 7.17. The molecule has 1 unspecified atom stereocenters. The van der Waals surface area contributed by atoms with E-state index in [1.54, 1.807) is 0 Å². The Hall–Kier alpha value is 0.140. The Balaban J connectivity index is 2.17. The van der Waals surface area contributed by atoms with Crippen molar-refractivity contribution < 1.29 is 5.11 Å². The Morgan fingerprint density at radius 3 is 2.21 bits per heavy atom. The van der Waals surface area contributed by atoms with Crippen LogP contribution in [0.1, 0.15) is 62.2 Å². The van der Waals surface area contributed by atoms with Gasteiger partial charge < -0.3 is 5.11 Å². The molecule has 3 heteroatoms. The maximum atomic E-state index is 10.7. The van der Waals surface area contributed by atoms with Gasteiger partial charge in [-0.1, -0.05) is 64.0 Å². The van der Waals surface area contributed by atoms with Crippen LogP contribution in [0.5, 0.6) is 0 Å². The lowest BCUT2D eigenvalue weighted by Gasteiger charge is -2.26. The van der Waals surface area contributed by atoms with Crippen molar-refractivity contribution in [2.45, 2.75) is 58.0 Å². The molecule has 1 aromatic carbocycles. The standard InChI is InChI=1S/C16H22Br2O/c1-11-9-15(18)13(10-14(11)17)16(19)12-7-5-3-2-4-6-8-12/h9-10,12,16,19H,2-8H2,1H3. The molecular weight excluding hydrogens is 368 g/mol. The predicted octanol–water partition coefficient (Wildman–Crippen LogP) is 5.91. The van der Waals surface area contributed by atoms with Gasteiger partial charge in [0.15, 0.2) is 0 Å². The van der Waals surface area contributed by atoms with Gasteiger partial charge in [-0.3, -0.25) is 0 Å². The van der Waals surface area contributed by atoms with Gasteiger partial charge in [0, 0.05) is 8.95 Å². The van der Waals surface area contributed by atoms with Crippen molar-refractivity contribution in [3.05, 3.63) is 32.2 Å². The molecule has 1 aromatic rings. The molecule has 0 bridgehead atoms. The molecule has 1 atom stereocenters. The Morgan fingerprint density at radius 1 is 1.00 bits per heavy atom. The quantitative estimate of drug-likeness (QED) is 0.665. The predicted molar refractivity (Wildman–Crippen MR) is 87.3 cm³/mol. The molecule has 0 amide bonds. The summed E-state index contributed by atoms with van der Waals surface area (Å²) in [5, 5.41) is 10.7. The van der Waals surface area contributed by atoms with E-state index in [2.05, 4.69) is 50.9 Å². The lowest BCUT2D eigenvalue weighted by atomic mass is 9.84. The van der Waals surface area contributed by atoms with Crippen LogP contribution in [-0.4, -0.2) is 5.11 Å². The van der Waals surface area contributed by atoms with E-state index in [0.29, 0.717) is 5.92 Å². The van der Waals surface area contributed by atoms with Crippen molar-refractivity contribution in [2.24, 2.45) is 5.92 Å². The second-order valence-corrected chi connectivity index (χ2v) is 7.38. The number of halogens is 2. The topological polar surface area (TPSA) is 20.2 Å². The summed E-state index contributed by atoms with van der Waals surface area (Å²) < 4.78 is 2.11. The molecule has 1 saturated carbocycles. The number of rotatable bonds is 2. The molecule has 19 heavy (non-hydrogen) atoms. The maximum Gasteiger partial charge on any atom is 0.0829 e. The molecule has 0 heterocycles. The Kier molecular flexibility index (Phi) is 5.91. The van der Waals surface area contributed by atoms with Crippen LogP contribution in [-0.2, 0) is 0 Å². The average Bonchev–Trinajstić information content (AvgIpc) is 2.32. The fourth-order valence-corrected chi connectivity index (χ4v) is 4.00. The van der Waals surface area contributed by atoms with Gasteiger partial charge >= 0.3 is 0 Å². The van der Waals surface area contributed by atoms with Crippen LogP contribution < -0.4 is 0 Å². The van der Waals surface area contributed by atoms with Crippen LogP contribution in [0.4, 0.5) is 0 Å². The molecule has 0 spiro atoms. The highest BCUT2D eigenvalue weighted by Gasteiger charge is 2.23. The third kappa shape index (κ3) is 4.05. The summed E-state index contributed by atoms with van der Waals surface area (Å²) in [6, 6.07) is 4.16. The van der Waals surface area contributed by atoms with Crippen LogP contribution in [0.15, 0.2) is 21.1 Å². The van der Waals surface area contributed by atoms with Crippen molar-refractivity contribution in [3.63, 3.8) is 0 Å². The summed E-state index contributed by atoms with van der Waals surface area (Å²) in [6.07, 6.45) is 8.48. The SMILES string of the molecule is Cc1cc(Br)c(C(O)C2CCCCCCC2)cc1Br. The third-order valence-corrected chi connectivity index (χ3v) is 5.73. The van der Waals surface area contributed by atoms with Crippen molar-refractivity contribution in [3.8, 4) is 0 Å². The van der Waals surface area contributed by atoms with Gasteiger partial charge in [-0.05, 0) is 48.9 Å². The number of aliphatic hydroxyl groups is 1. The van der Waals surface area contributed by atoms with E-state index in [1.807, 2.05) is 0 Å². The first kappa shape index (κ1) is 15.5. The first-order valence-electron chi connectivity index (χ1n) is 7.23. The molecule has 1 nitrogen and oxygen atoms in total. The molecule has 0 aromatic heterocycles. The average molecular weight is 390 g/mol. The van der Waals surface area contributed by atoms with Crippen LogP contribution >= 0.6 is 31.9 Å². The molecule has 1 aliphatic carbocycles. The van der Waals surface area contributed by atoms with Crippen LogP contribution in [0.25, 0.3) is 0 Å². The van der Waals surface area contributed by atoms with E-state index in [0.717, 1.165) is 27.4 Å². The van der Waals surface area contributed by atoms with Crippen LogP contribution in [0.3, 0.4) is 0 Å². The van der Waals surface area contributed by atoms with E-state index < -0.39 is 0 Å². The van der Waals surface area contributed by atoms with Gasteiger partial charge in [-0.25, -0.2) is 0 Å². The minimum absolute atomic E-state index is 0.343. The smallest absolute Gasteiger partial charge is 0.0829 e. The number of benzene rings is 1. The molecular formula is C16H22Br2O. The highest BCUT2D eigenvalue weighted by Crippen LogP contribution is 2.37. The summed E-state index contributed by atoms with van der Waals surface area (Å²) in [7, 11) is 0. The fraction of sp³-hybridized carbons (Fsp3) is 0.625. The summed E-state index contributed by atoms with van der Waals surface area (Å²) in [4.78, 5) is 0. The lowest BCUT2D eigenvalue weighted by Crippen LogP contribution is -2.15. The van der Waals surface area contributed by atoms with E-state index in [-0.39, 0.29) is 6.10 Å². The molecule has 1 aliphatic rings. The molecule has 2 rings (SSSR count). The van der Waals surface area contributed by atoms with Crippen molar-refractivity contribution >= 4 is 31.9 Å². The lowest BCUT2D eigenvalue weighted by molar-refractivity contribution is 0.0906. The van der Waals surface area contributed by atoms with Crippen molar-refractivity contribution in [1.82, 2.24) is 0 Å². The van der Waals surface area contributed by atoms with Crippen molar-refractivity contribution in [2.75, 3.05) is 0 Å². The summed E-state index contributed by atoms with van der Waals surface area (Å²) in [6.45, 7) is 2.07. The zero-order valence-corrected chi connectivity index (χ0v) is 14.6. The monoisotopic (exact) mass is 388 g/mol. The number of hydrogen-bond acceptors (Lipinski definition) is 1. The Labute approximate surface area is 133 Å². The maximum absolute atomic E-state index is 10.7. The highest BCUT2D eigenvalue weighted by molar-refractivity contribution is 9.11. The third-order valence-electron chi connectivity index (χ3n) is 4.19. The first-order chi connectivity index (χ1) is 9.09. The van der Waals surface area contributed by atoms with Crippen molar-refractivity contribution in [1.29, 1.82) is 0 Å². The Morgan fingerprint density at radius 2 is 1.58 bits per heavy atom. The number of aliphatic hydroxyl groups excluding tert-OH is 1. The molecule has 1 fully saturated rings. The minimum atomic E-state index is -0.343. The molecule has 0 aliphatic heterocycles. The summed E-state index contributed by atoms with van der Waals surface area (Å²) in [5.74, 6) is 0.409. The number of hydrogen-bond donors (Lipinski definition) is 1.